The van der Waals surface area contributed by atoms with Crippen LogP contribution in [0.15, 0.2) is 526 Å². The van der Waals surface area contributed by atoms with Crippen molar-refractivity contribution < 1.29 is 4.42 Å². The first-order valence-corrected chi connectivity index (χ1v) is 49.8. The van der Waals surface area contributed by atoms with Crippen LogP contribution in [0.3, 0.4) is 0 Å². The van der Waals surface area contributed by atoms with Crippen LogP contribution in [0.5, 0.6) is 0 Å². The van der Waals surface area contributed by atoms with Crippen LogP contribution in [-0.4, -0.2) is 4.57 Å². The van der Waals surface area contributed by atoms with Gasteiger partial charge in [0.25, 0.3) is 0 Å². The van der Waals surface area contributed by atoms with Crippen molar-refractivity contribution in [3.63, 3.8) is 0 Å². The van der Waals surface area contributed by atoms with Crippen LogP contribution < -0.4 is 14.7 Å². The number of hydrogen-bond donors (Lipinski definition) is 0. The van der Waals surface area contributed by atoms with E-state index in [0.717, 1.165) is 84.4 Å². The van der Waals surface area contributed by atoms with Crippen LogP contribution in [0.25, 0.3) is 169 Å². The monoisotopic (exact) mass is 1830 g/mol. The second-order valence-electron chi connectivity index (χ2n) is 38.2. The maximum atomic E-state index is 6.21. The van der Waals surface area contributed by atoms with Gasteiger partial charge in [0.2, 0.25) is 0 Å². The van der Waals surface area contributed by atoms with Crippen molar-refractivity contribution in [2.75, 3.05) is 14.7 Å². The first kappa shape index (κ1) is 85.9. The minimum absolute atomic E-state index is 0.0780. The molecule has 0 atom stereocenters. The minimum Gasteiger partial charge on any atom is -0.456 e. The van der Waals surface area contributed by atoms with Gasteiger partial charge in [-0.05, 0) is 280 Å². The molecule has 0 amide bonds. The zero-order valence-electron chi connectivity index (χ0n) is 79.3. The third-order valence-corrected chi connectivity index (χ3v) is 30.3. The highest BCUT2D eigenvalue weighted by atomic mass is 32.1. The predicted octanol–water partition coefficient (Wildman–Crippen LogP) is 38.6. The molecular formula is C136H98N4OS. The molecule has 0 radical (unpaired) electrons. The van der Waals surface area contributed by atoms with Crippen LogP contribution >= 0.6 is 11.3 Å². The Morgan fingerprint density at radius 2 is 0.542 bits per heavy atom. The molecule has 3 aromatic heterocycles. The summed E-state index contributed by atoms with van der Waals surface area (Å²) >= 11 is 1.87. The fraction of sp³-hybridized carbons (Fsp3) is 0.0441. The second kappa shape index (κ2) is 36.0. The van der Waals surface area contributed by atoms with E-state index in [1.54, 1.807) is 0 Å². The Balaban J connectivity index is 0.000000112. The fourth-order valence-electron chi connectivity index (χ4n) is 22.2. The first-order chi connectivity index (χ1) is 69.9. The van der Waals surface area contributed by atoms with Crippen LogP contribution in [0.2, 0.25) is 0 Å². The molecule has 0 N–H and O–H groups in total. The molecule has 27 rings (SSSR count). The molecule has 22 aromatic carbocycles. The lowest BCUT2D eigenvalue weighted by molar-refractivity contribution is 0.660. The predicted molar refractivity (Wildman–Crippen MR) is 603 cm³/mol. The molecule has 25 aromatic rings. The zero-order valence-corrected chi connectivity index (χ0v) is 80.1. The highest BCUT2D eigenvalue weighted by Crippen LogP contribution is 2.55. The third kappa shape index (κ3) is 15.5. The van der Waals surface area contributed by atoms with Crippen molar-refractivity contribution in [2.24, 2.45) is 0 Å². The van der Waals surface area contributed by atoms with Crippen LogP contribution in [0.4, 0.5) is 51.2 Å². The van der Waals surface area contributed by atoms with Crippen LogP contribution in [0.1, 0.15) is 49.9 Å². The highest BCUT2D eigenvalue weighted by Gasteiger charge is 2.38. The van der Waals surface area contributed by atoms with Gasteiger partial charge in [-0.3, -0.25) is 0 Å². The molecule has 5 nitrogen and oxygen atoms in total. The highest BCUT2D eigenvalue weighted by molar-refractivity contribution is 7.26. The van der Waals surface area contributed by atoms with E-state index in [2.05, 4.69) is 557 Å². The Bertz CT molecular complexity index is 8620. The van der Waals surface area contributed by atoms with E-state index >= 15 is 0 Å². The molecule has 0 spiro atoms. The number of fused-ring (bicyclic) bond motifs is 17. The van der Waals surface area contributed by atoms with E-state index in [9.17, 15) is 0 Å². The van der Waals surface area contributed by atoms with Crippen LogP contribution in [-0.2, 0) is 10.8 Å². The van der Waals surface area contributed by atoms with Crippen molar-refractivity contribution in [3.05, 3.63) is 544 Å². The largest absolute Gasteiger partial charge is 0.456 e. The third-order valence-electron chi connectivity index (χ3n) is 29.1. The maximum Gasteiger partial charge on any atom is 0.136 e. The van der Waals surface area contributed by atoms with E-state index in [0.29, 0.717) is 0 Å². The molecule has 2 aliphatic rings. The molecular weight excluding hydrogens is 1740 g/mol. The van der Waals surface area contributed by atoms with Gasteiger partial charge in [-0.2, -0.15) is 0 Å². The SMILES string of the molecule is CC1(C)c2ccccc2-c2ccc(N(c3ccc(-c4cccc5oc6ccccc6c45)cc3)c3cccc(-c4ccccc4)c3)cc21.CC1(C)c2ccccc2-c2ccc(N(c3ccc(-c4cccc5sc6ccccc6c45)cc3)c3cccc(-c4ccccc4)c3)cc21.c1ccc(-c2ccc(N(c3ccc(-c4ccccc4)cc3)c3ccc(-n4c5ccccc5c5c6ccccc6ccc54)cc3)cc2)cc1. The van der Waals surface area contributed by atoms with Gasteiger partial charge in [0.05, 0.1) is 11.0 Å². The summed E-state index contributed by atoms with van der Waals surface area (Å²) in [4.78, 5) is 7.15. The van der Waals surface area contributed by atoms with E-state index in [4.69, 9.17) is 4.42 Å². The lowest BCUT2D eigenvalue weighted by Crippen LogP contribution is -2.16. The molecule has 2 aliphatic carbocycles. The Labute approximate surface area is 831 Å². The summed E-state index contributed by atoms with van der Waals surface area (Å²) in [7, 11) is 0. The Morgan fingerprint density at radius 1 is 0.197 bits per heavy atom. The number of anilines is 9. The molecule has 0 unspecified atom stereocenters. The molecule has 6 heteroatoms. The average molecular weight is 1840 g/mol. The van der Waals surface area contributed by atoms with Gasteiger partial charge in [0.15, 0.2) is 0 Å². The Hall–Kier alpha value is -17.7. The lowest BCUT2D eigenvalue weighted by atomic mass is 9.82. The molecule has 674 valence electrons. The molecule has 3 heterocycles. The van der Waals surface area contributed by atoms with Gasteiger partial charge in [0, 0.05) is 109 Å². The smallest absolute Gasteiger partial charge is 0.136 e. The van der Waals surface area contributed by atoms with Crippen molar-refractivity contribution in [3.8, 4) is 94.7 Å². The summed E-state index contributed by atoms with van der Waals surface area (Å²) in [6.45, 7) is 9.39. The number of thiophene rings is 1. The van der Waals surface area contributed by atoms with Crippen molar-refractivity contribution in [1.29, 1.82) is 0 Å². The molecule has 0 fully saturated rings. The number of rotatable bonds is 16. The van der Waals surface area contributed by atoms with Crippen molar-refractivity contribution >= 4 is 137 Å². The number of aromatic nitrogens is 1. The molecule has 0 saturated heterocycles. The van der Waals surface area contributed by atoms with Gasteiger partial charge in [0.1, 0.15) is 11.2 Å². The average Bonchev–Trinajstić information content (AvgIpc) is 1.59. The van der Waals surface area contributed by atoms with E-state index < -0.39 is 0 Å². The standard InChI is InChI=1S/C46H32N2.C45H33NO.C45H33NS/c1-3-11-33(12-4-1)35-19-24-38(25-20-35)47(39-26-21-36(22-27-39)34-13-5-2-6-14-34)40-28-30-41(31-29-40)48-44-18-10-9-17-43(44)46-42-16-8-7-15-37(42)23-32-45(46)48;2*1-45(2)40-19-8-6-16-37(40)38-27-26-35(29-41(38)45)46(34-15-10-14-32(28-34)30-12-4-3-5-13-30)33-24-22-31(23-25-33)36-18-11-21-43-44(36)39-17-7-9-20-42(39)47-43/h1-32H;2*3-29H,1-2H3. The number of benzene rings is 22. The molecule has 142 heavy (non-hydrogen) atoms. The topological polar surface area (TPSA) is 27.8 Å². The van der Waals surface area contributed by atoms with Gasteiger partial charge >= 0.3 is 0 Å². The fourth-order valence-corrected chi connectivity index (χ4v) is 23.3. The maximum absolute atomic E-state index is 6.21. The second-order valence-corrected chi connectivity index (χ2v) is 39.2. The minimum atomic E-state index is -0.0879. The molecule has 0 saturated carbocycles. The quantitative estimate of drug-likeness (QED) is 0.0964. The van der Waals surface area contributed by atoms with E-state index in [1.165, 1.54) is 158 Å². The zero-order chi connectivity index (χ0) is 94.9. The first-order valence-electron chi connectivity index (χ1n) is 49.0. The Kier molecular flexibility index (Phi) is 21.8. The summed E-state index contributed by atoms with van der Waals surface area (Å²) in [6.07, 6.45) is 0. The van der Waals surface area contributed by atoms with Crippen LogP contribution in [0, 0.1) is 0 Å². The number of hydrogen-bond acceptors (Lipinski definition) is 5. The number of nitrogens with zero attached hydrogens (tertiary/aromatic N) is 4. The summed E-state index contributed by atoms with van der Waals surface area (Å²) < 4.78 is 11.3. The van der Waals surface area contributed by atoms with Crippen molar-refractivity contribution in [1.82, 2.24) is 4.57 Å². The Morgan fingerprint density at radius 3 is 1.06 bits per heavy atom. The summed E-state index contributed by atoms with van der Waals surface area (Å²) in [5, 5.41) is 10.1. The van der Waals surface area contributed by atoms with Gasteiger partial charge in [-0.25, -0.2) is 0 Å². The molecule has 0 bridgehead atoms. The van der Waals surface area contributed by atoms with Gasteiger partial charge in [-0.15, -0.1) is 11.3 Å². The number of furan rings is 1. The summed E-state index contributed by atoms with van der Waals surface area (Å²) in [6, 6.07) is 189. The summed E-state index contributed by atoms with van der Waals surface area (Å²) in [5.74, 6) is 0. The lowest BCUT2D eigenvalue weighted by Gasteiger charge is -2.28. The molecule has 0 aliphatic heterocycles. The van der Waals surface area contributed by atoms with E-state index in [1.807, 2.05) is 23.5 Å². The van der Waals surface area contributed by atoms with E-state index in [-0.39, 0.29) is 10.8 Å². The normalized spacial score (nSPS) is 12.5. The summed E-state index contributed by atoms with van der Waals surface area (Å²) in [5.41, 5.74) is 40.7. The van der Waals surface area contributed by atoms with Crippen molar-refractivity contribution in [2.45, 2.75) is 38.5 Å². The number of para-hydroxylation sites is 2. The van der Waals surface area contributed by atoms with Gasteiger partial charge in [-0.1, -0.05) is 392 Å². The van der Waals surface area contributed by atoms with Gasteiger partial charge < -0.3 is 23.7 Å².